The van der Waals surface area contributed by atoms with Crippen LogP contribution in [0.3, 0.4) is 0 Å². The number of aldehydes is 1. The molecule has 0 aromatic carbocycles. The second kappa shape index (κ2) is 20.9. The highest BCUT2D eigenvalue weighted by Gasteiger charge is 2.40. The normalized spacial score (nSPS) is 17.9. The molecule has 3 atom stereocenters. The molecule has 0 spiro atoms. The van der Waals surface area contributed by atoms with Gasteiger partial charge in [-0.25, -0.2) is 15.0 Å². The Morgan fingerprint density at radius 3 is 2.24 bits per heavy atom. The van der Waals surface area contributed by atoms with Crippen molar-refractivity contribution in [1.82, 2.24) is 19.5 Å². The Hall–Kier alpha value is -2.15. The van der Waals surface area contributed by atoms with Crippen molar-refractivity contribution in [3.8, 4) is 12.3 Å². The van der Waals surface area contributed by atoms with Gasteiger partial charge in [0.2, 0.25) is 0 Å². The molecule has 2 aromatic rings. The number of hydrogen-bond acceptors (Lipinski definition) is 9. The van der Waals surface area contributed by atoms with Crippen molar-refractivity contribution in [3.63, 3.8) is 0 Å². The summed E-state index contributed by atoms with van der Waals surface area (Å²) in [7, 11) is 3.92. The van der Waals surface area contributed by atoms with Crippen LogP contribution in [0.25, 0.3) is 11.2 Å². The summed E-state index contributed by atoms with van der Waals surface area (Å²) in [4.78, 5) is 21.4. The third-order valence-electron chi connectivity index (χ3n) is 4.11. The largest absolute Gasteiger partial charge is 0.384 e. The summed E-state index contributed by atoms with van der Waals surface area (Å²) < 4.78 is 17.8. The summed E-state index contributed by atoms with van der Waals surface area (Å²) in [6.07, 6.45) is 13.0. The lowest BCUT2D eigenvalue weighted by atomic mass is 9.99. The minimum Gasteiger partial charge on any atom is -0.384 e. The van der Waals surface area contributed by atoms with Crippen molar-refractivity contribution in [3.05, 3.63) is 12.7 Å². The van der Waals surface area contributed by atoms with Crippen LogP contribution in [0, 0.1) is 17.8 Å². The molecule has 0 amide bonds. The molecule has 1 fully saturated rings. The van der Waals surface area contributed by atoms with Crippen LogP contribution >= 0.6 is 9.47 Å². The quantitative estimate of drug-likeness (QED) is 0.317. The van der Waals surface area contributed by atoms with Crippen molar-refractivity contribution < 1.29 is 18.8 Å². The zero-order chi connectivity index (χ0) is 28.9. The standard InChI is InChI=1S/C12H14N5O2P.C6H14O.2C3H8.C2H5NO/c1-2-12(5-18-20)4-3-8(19-12)17-7-16-9-10(13)14-6-15-11(9)17;1-6(2,3)5-7-4;2*1-3-2;3-1-2-4/h1,6-8H,3-5,20H2,(H2,13,14,15);5H2,1-4H3;2*3H2,1-2H3;2H,1,3H2. The maximum absolute atomic E-state index is 9.05. The summed E-state index contributed by atoms with van der Waals surface area (Å²) in [5.41, 5.74) is 11.3. The number of ether oxygens (including phenoxy) is 2. The number of terminal acetylenes is 1. The highest BCUT2D eigenvalue weighted by molar-refractivity contribution is 7.09. The average Bonchev–Trinajstić information content (AvgIpc) is 3.46. The van der Waals surface area contributed by atoms with Crippen LogP contribution in [-0.4, -0.2) is 58.3 Å². The van der Waals surface area contributed by atoms with Gasteiger partial charge in [-0.1, -0.05) is 67.2 Å². The highest BCUT2D eigenvalue weighted by Crippen LogP contribution is 2.38. The van der Waals surface area contributed by atoms with Gasteiger partial charge in [0.05, 0.1) is 19.5 Å². The van der Waals surface area contributed by atoms with Crippen LogP contribution in [0.2, 0.25) is 0 Å². The van der Waals surface area contributed by atoms with Crippen molar-refractivity contribution >= 4 is 32.7 Å². The van der Waals surface area contributed by atoms with Crippen LogP contribution in [0.5, 0.6) is 0 Å². The molecule has 0 bridgehead atoms. The van der Waals surface area contributed by atoms with E-state index in [9.17, 15) is 0 Å². The third-order valence-corrected chi connectivity index (χ3v) is 4.27. The third kappa shape index (κ3) is 15.0. The maximum Gasteiger partial charge on any atom is 0.167 e. The van der Waals surface area contributed by atoms with Gasteiger partial charge in [-0.3, -0.25) is 4.57 Å². The van der Waals surface area contributed by atoms with Gasteiger partial charge in [0, 0.05) is 23.1 Å². The molecule has 1 aliphatic heterocycles. The number of nitrogens with zero attached hydrogens (tertiary/aromatic N) is 4. The number of imidazole rings is 1. The monoisotopic (exact) mass is 540 g/mol. The van der Waals surface area contributed by atoms with E-state index in [1.807, 2.05) is 4.57 Å². The summed E-state index contributed by atoms with van der Waals surface area (Å²) in [5.74, 6) is 3.03. The maximum atomic E-state index is 9.05. The van der Waals surface area contributed by atoms with E-state index < -0.39 is 5.60 Å². The van der Waals surface area contributed by atoms with Crippen molar-refractivity contribution in [2.45, 2.75) is 86.0 Å². The van der Waals surface area contributed by atoms with Crippen LogP contribution in [-0.2, 0) is 18.8 Å². The van der Waals surface area contributed by atoms with Crippen molar-refractivity contribution in [1.29, 1.82) is 0 Å². The lowest BCUT2D eigenvalue weighted by Crippen LogP contribution is -2.31. The number of rotatable bonds is 5. The number of methoxy groups -OCH3 is 1. The molecule has 10 nitrogen and oxygen atoms in total. The number of fused-ring (bicyclic) bond motifs is 1. The fourth-order valence-electron chi connectivity index (χ4n) is 2.83. The Kier molecular flexibility index (Phi) is 20.9. The first-order chi connectivity index (χ1) is 17.5. The lowest BCUT2D eigenvalue weighted by Gasteiger charge is -2.22. The minimum atomic E-state index is -0.707. The minimum absolute atomic E-state index is 0.139. The first kappa shape index (κ1) is 37.0. The Labute approximate surface area is 225 Å². The molecular formula is C26H49N6O4P. The molecule has 0 saturated carbocycles. The summed E-state index contributed by atoms with van der Waals surface area (Å²) in [6.45, 7) is 16.3. The predicted molar refractivity (Wildman–Crippen MR) is 155 cm³/mol. The number of nitrogen functional groups attached to an aromatic ring is 1. The van der Waals surface area contributed by atoms with E-state index in [1.54, 1.807) is 13.4 Å². The zero-order valence-electron chi connectivity index (χ0n) is 24.0. The number of anilines is 1. The molecule has 11 heteroatoms. The van der Waals surface area contributed by atoms with Crippen LogP contribution in [0.4, 0.5) is 5.82 Å². The molecular weight excluding hydrogens is 491 g/mol. The van der Waals surface area contributed by atoms with Gasteiger partial charge >= 0.3 is 0 Å². The molecule has 1 aliphatic rings. The summed E-state index contributed by atoms with van der Waals surface area (Å²) in [6, 6.07) is 0. The molecule has 2 aromatic heterocycles. The molecule has 0 aliphatic carbocycles. The molecule has 3 heterocycles. The Morgan fingerprint density at radius 1 is 1.27 bits per heavy atom. The van der Waals surface area contributed by atoms with Gasteiger partial charge in [0.1, 0.15) is 24.4 Å². The van der Waals surface area contributed by atoms with E-state index in [4.69, 9.17) is 30.9 Å². The fraction of sp³-hybridized carbons (Fsp3) is 0.692. The van der Waals surface area contributed by atoms with Gasteiger partial charge in [0.25, 0.3) is 0 Å². The number of carbonyl (C=O) groups excluding carboxylic acids is 1. The second-order valence-corrected chi connectivity index (χ2v) is 9.79. The SMILES string of the molecule is C#CC1(COP)CCC(n2cnc3c(N)ncnc32)O1.CCC.CCC.COCC(C)(C)C.NCC=O. The van der Waals surface area contributed by atoms with Crippen LogP contribution in [0.15, 0.2) is 12.7 Å². The number of nitrogens with two attached hydrogens (primary N) is 2. The van der Waals surface area contributed by atoms with E-state index in [0.717, 1.165) is 13.0 Å². The van der Waals surface area contributed by atoms with Gasteiger partial charge in [-0.15, -0.1) is 6.42 Å². The number of aromatic nitrogens is 4. The topological polar surface area (TPSA) is 140 Å². The molecule has 0 radical (unpaired) electrons. The van der Waals surface area contributed by atoms with Gasteiger partial charge in [-0.2, -0.15) is 0 Å². The molecule has 3 rings (SSSR count). The van der Waals surface area contributed by atoms with E-state index in [0.29, 0.717) is 41.7 Å². The first-order valence-corrected chi connectivity index (χ1v) is 13.0. The number of carbonyl (C=O) groups is 1. The van der Waals surface area contributed by atoms with Gasteiger partial charge < -0.3 is 30.3 Å². The Balaban J connectivity index is 0. The Morgan fingerprint density at radius 2 is 1.84 bits per heavy atom. The second-order valence-electron chi connectivity index (χ2n) is 9.45. The average molecular weight is 541 g/mol. The summed E-state index contributed by atoms with van der Waals surface area (Å²) in [5, 5.41) is 0. The highest BCUT2D eigenvalue weighted by atomic mass is 31.0. The van der Waals surface area contributed by atoms with Crippen molar-refractivity contribution in [2.24, 2.45) is 11.1 Å². The molecule has 212 valence electrons. The molecule has 37 heavy (non-hydrogen) atoms. The molecule has 1 saturated heterocycles. The van der Waals surface area contributed by atoms with Crippen molar-refractivity contribution in [2.75, 3.05) is 32.6 Å². The summed E-state index contributed by atoms with van der Waals surface area (Å²) >= 11 is 0. The first-order valence-electron chi connectivity index (χ1n) is 12.5. The zero-order valence-corrected chi connectivity index (χ0v) is 25.1. The predicted octanol–water partition coefficient (Wildman–Crippen LogP) is 4.55. The Bertz CT molecular complexity index is 895. The lowest BCUT2D eigenvalue weighted by molar-refractivity contribution is -0.106. The van der Waals surface area contributed by atoms with Gasteiger partial charge in [0.15, 0.2) is 17.1 Å². The van der Waals surface area contributed by atoms with E-state index in [-0.39, 0.29) is 12.8 Å². The van der Waals surface area contributed by atoms with E-state index >= 15 is 0 Å². The van der Waals surface area contributed by atoms with Crippen LogP contribution in [0.1, 0.15) is 80.4 Å². The number of hydrogen-bond donors (Lipinski definition) is 2. The molecule has 3 unspecified atom stereocenters. The van der Waals surface area contributed by atoms with Gasteiger partial charge in [-0.05, 0) is 18.3 Å². The van der Waals surface area contributed by atoms with E-state index in [2.05, 4.69) is 84.5 Å². The smallest absolute Gasteiger partial charge is 0.167 e. The van der Waals surface area contributed by atoms with Crippen LogP contribution < -0.4 is 11.5 Å². The molecule has 4 N–H and O–H groups in total. The fourth-order valence-corrected chi connectivity index (χ4v) is 3.10. The van der Waals surface area contributed by atoms with E-state index in [1.165, 1.54) is 19.2 Å².